The Morgan fingerprint density at radius 2 is 1.81 bits per heavy atom. The normalized spacial score (nSPS) is 12.4. The number of ketones is 1. The summed E-state index contributed by atoms with van der Waals surface area (Å²) in [6.45, 7) is 5.30. The molecular weight excluding hydrogens is 346 g/mol. The molecule has 0 saturated carbocycles. The van der Waals surface area contributed by atoms with E-state index >= 15 is 0 Å². The SMILES string of the molecule is COC(=O)CCCC=CC(=O)[C@H](Cc1ccccc1)NC(=O)OC(C)(C)C. The van der Waals surface area contributed by atoms with E-state index in [-0.39, 0.29) is 11.8 Å². The van der Waals surface area contributed by atoms with Gasteiger partial charge < -0.3 is 14.8 Å². The first kappa shape index (κ1) is 22.4. The Kier molecular flexibility index (Phi) is 9.26. The molecule has 0 aliphatic carbocycles. The molecule has 1 atom stereocenters. The molecule has 0 aliphatic heterocycles. The van der Waals surface area contributed by atoms with Crippen molar-refractivity contribution in [3.8, 4) is 0 Å². The number of methoxy groups -OCH3 is 1. The molecule has 6 heteroatoms. The maximum atomic E-state index is 12.6. The van der Waals surface area contributed by atoms with E-state index in [9.17, 15) is 14.4 Å². The first-order valence-corrected chi connectivity index (χ1v) is 9.02. The number of alkyl carbamates (subject to hydrolysis) is 1. The maximum absolute atomic E-state index is 12.6. The second-order valence-electron chi connectivity index (χ2n) is 7.16. The van der Waals surface area contributed by atoms with Crippen LogP contribution in [0.1, 0.15) is 45.6 Å². The van der Waals surface area contributed by atoms with Gasteiger partial charge in [0.1, 0.15) is 5.60 Å². The lowest BCUT2D eigenvalue weighted by Crippen LogP contribution is -2.44. The minimum absolute atomic E-state index is 0.220. The summed E-state index contributed by atoms with van der Waals surface area (Å²) in [5.41, 5.74) is 0.291. The lowest BCUT2D eigenvalue weighted by atomic mass is 10.0. The van der Waals surface area contributed by atoms with E-state index in [1.807, 2.05) is 30.3 Å². The molecule has 148 valence electrons. The number of hydrogen-bond donors (Lipinski definition) is 1. The Balaban J connectivity index is 2.69. The molecule has 1 N–H and O–H groups in total. The number of benzene rings is 1. The molecule has 0 spiro atoms. The number of carbonyl (C=O) groups excluding carboxylic acids is 3. The van der Waals surface area contributed by atoms with Gasteiger partial charge in [0, 0.05) is 12.8 Å². The summed E-state index contributed by atoms with van der Waals surface area (Å²) < 4.78 is 9.83. The van der Waals surface area contributed by atoms with Crippen molar-refractivity contribution in [2.45, 2.75) is 58.1 Å². The van der Waals surface area contributed by atoms with Gasteiger partial charge in [0.15, 0.2) is 5.78 Å². The van der Waals surface area contributed by atoms with E-state index in [0.29, 0.717) is 25.7 Å². The zero-order valence-electron chi connectivity index (χ0n) is 16.5. The van der Waals surface area contributed by atoms with E-state index in [2.05, 4.69) is 10.1 Å². The molecule has 1 amide bonds. The number of amides is 1. The minimum atomic E-state index is -0.723. The summed E-state index contributed by atoms with van der Waals surface area (Å²) in [5, 5.41) is 2.65. The van der Waals surface area contributed by atoms with Gasteiger partial charge in [-0.15, -0.1) is 0 Å². The zero-order chi connectivity index (χ0) is 20.3. The van der Waals surface area contributed by atoms with Crippen molar-refractivity contribution in [1.82, 2.24) is 5.32 Å². The minimum Gasteiger partial charge on any atom is -0.469 e. The molecule has 0 aromatic heterocycles. The van der Waals surface area contributed by atoms with Gasteiger partial charge in [0.2, 0.25) is 0 Å². The molecule has 0 heterocycles. The second kappa shape index (κ2) is 11.2. The van der Waals surface area contributed by atoms with Gasteiger partial charge >= 0.3 is 12.1 Å². The maximum Gasteiger partial charge on any atom is 0.408 e. The van der Waals surface area contributed by atoms with Crippen molar-refractivity contribution in [2.24, 2.45) is 0 Å². The van der Waals surface area contributed by atoms with Gasteiger partial charge in [-0.2, -0.15) is 0 Å². The van der Waals surface area contributed by atoms with Crippen LogP contribution in [0.2, 0.25) is 0 Å². The first-order valence-electron chi connectivity index (χ1n) is 9.02. The Labute approximate surface area is 160 Å². The average Bonchev–Trinajstić information content (AvgIpc) is 2.59. The number of esters is 1. The second-order valence-corrected chi connectivity index (χ2v) is 7.16. The number of unbranched alkanes of at least 4 members (excludes halogenated alkanes) is 1. The van der Waals surface area contributed by atoms with Crippen molar-refractivity contribution < 1.29 is 23.9 Å². The summed E-state index contributed by atoms with van der Waals surface area (Å²) in [7, 11) is 1.35. The Hall–Kier alpha value is -2.63. The van der Waals surface area contributed by atoms with Crippen molar-refractivity contribution in [3.05, 3.63) is 48.0 Å². The lowest BCUT2D eigenvalue weighted by Gasteiger charge is -2.22. The highest BCUT2D eigenvalue weighted by Crippen LogP contribution is 2.09. The predicted molar refractivity (Wildman–Crippen MR) is 103 cm³/mol. The Morgan fingerprint density at radius 3 is 2.41 bits per heavy atom. The van der Waals surface area contributed by atoms with Crippen LogP contribution in [0, 0.1) is 0 Å². The zero-order valence-corrected chi connectivity index (χ0v) is 16.5. The number of carbonyl (C=O) groups is 3. The molecule has 1 rings (SSSR count). The highest BCUT2D eigenvalue weighted by atomic mass is 16.6. The van der Waals surface area contributed by atoms with Gasteiger partial charge in [0.05, 0.1) is 13.2 Å². The molecule has 0 unspecified atom stereocenters. The van der Waals surface area contributed by atoms with E-state index in [1.54, 1.807) is 26.8 Å². The van der Waals surface area contributed by atoms with Crippen molar-refractivity contribution in [3.63, 3.8) is 0 Å². The molecule has 0 radical (unpaired) electrons. The summed E-state index contributed by atoms with van der Waals surface area (Å²) >= 11 is 0. The van der Waals surface area contributed by atoms with E-state index in [1.165, 1.54) is 13.2 Å². The average molecular weight is 375 g/mol. The standard InChI is InChI=1S/C21H29NO5/c1-21(2,3)27-20(25)22-17(15-16-11-7-5-8-12-16)18(23)13-9-6-10-14-19(24)26-4/h5,7-9,11-13,17H,6,10,14-15H2,1-4H3,(H,22,25)/t17-/m0/s1. The number of hydrogen-bond acceptors (Lipinski definition) is 5. The van der Waals surface area contributed by atoms with E-state index < -0.39 is 17.7 Å². The van der Waals surface area contributed by atoms with Gasteiger partial charge in [-0.3, -0.25) is 9.59 Å². The molecule has 1 aromatic rings. The number of nitrogens with one attached hydrogen (secondary N) is 1. The Morgan fingerprint density at radius 1 is 1.15 bits per heavy atom. The van der Waals surface area contributed by atoms with Crippen LogP contribution < -0.4 is 5.32 Å². The quantitative estimate of drug-likeness (QED) is 0.405. The largest absolute Gasteiger partial charge is 0.469 e. The van der Waals surface area contributed by atoms with Crippen molar-refractivity contribution in [1.29, 1.82) is 0 Å². The highest BCUT2D eigenvalue weighted by Gasteiger charge is 2.23. The molecule has 0 aliphatic rings. The molecule has 27 heavy (non-hydrogen) atoms. The first-order chi connectivity index (χ1) is 12.7. The smallest absolute Gasteiger partial charge is 0.408 e. The fourth-order valence-corrected chi connectivity index (χ4v) is 2.30. The van der Waals surface area contributed by atoms with Gasteiger partial charge in [-0.25, -0.2) is 4.79 Å². The molecule has 0 bridgehead atoms. The summed E-state index contributed by atoms with van der Waals surface area (Å²) in [4.78, 5) is 35.7. The van der Waals surface area contributed by atoms with Crippen molar-refractivity contribution in [2.75, 3.05) is 7.11 Å². The molecule has 1 aromatic carbocycles. The lowest BCUT2D eigenvalue weighted by molar-refractivity contribution is -0.140. The van der Waals surface area contributed by atoms with Crippen LogP contribution in [0.4, 0.5) is 4.79 Å². The fourth-order valence-electron chi connectivity index (χ4n) is 2.30. The third-order valence-corrected chi connectivity index (χ3v) is 3.58. The van der Waals surface area contributed by atoms with E-state index in [0.717, 1.165) is 5.56 Å². The topological polar surface area (TPSA) is 81.7 Å². The van der Waals surface area contributed by atoms with Gasteiger partial charge in [-0.05, 0) is 45.3 Å². The van der Waals surface area contributed by atoms with Crippen molar-refractivity contribution >= 4 is 17.8 Å². The number of allylic oxidation sites excluding steroid dienone is 1. The van der Waals surface area contributed by atoms with Crippen LogP contribution >= 0.6 is 0 Å². The summed E-state index contributed by atoms with van der Waals surface area (Å²) in [6, 6.07) is 8.73. The van der Waals surface area contributed by atoms with Crippen LogP contribution in [0.25, 0.3) is 0 Å². The molecule has 6 nitrogen and oxygen atoms in total. The van der Waals surface area contributed by atoms with Crippen LogP contribution in [0.3, 0.4) is 0 Å². The monoisotopic (exact) mass is 375 g/mol. The van der Waals surface area contributed by atoms with Crippen LogP contribution in [-0.2, 0) is 25.5 Å². The molecular formula is C21H29NO5. The van der Waals surface area contributed by atoms with Gasteiger partial charge in [-0.1, -0.05) is 36.4 Å². The van der Waals surface area contributed by atoms with Gasteiger partial charge in [0.25, 0.3) is 0 Å². The third-order valence-electron chi connectivity index (χ3n) is 3.58. The fraction of sp³-hybridized carbons (Fsp3) is 0.476. The van der Waals surface area contributed by atoms with Crippen LogP contribution in [-0.4, -0.2) is 36.6 Å². The highest BCUT2D eigenvalue weighted by molar-refractivity contribution is 5.96. The predicted octanol–water partition coefficient (Wildman–Crippen LogP) is 3.59. The third kappa shape index (κ3) is 10.2. The number of ether oxygens (including phenoxy) is 2. The number of rotatable bonds is 9. The summed E-state index contributed by atoms with van der Waals surface area (Å²) in [6.07, 6.45) is 4.37. The molecule has 0 saturated heterocycles. The summed E-state index contributed by atoms with van der Waals surface area (Å²) in [5.74, 6) is -0.494. The van der Waals surface area contributed by atoms with E-state index in [4.69, 9.17) is 4.74 Å². The van der Waals surface area contributed by atoms with Crippen LogP contribution in [0.5, 0.6) is 0 Å². The van der Waals surface area contributed by atoms with Crippen LogP contribution in [0.15, 0.2) is 42.5 Å². The molecule has 0 fully saturated rings. The Bertz CT molecular complexity index is 646.